The first-order chi connectivity index (χ1) is 9.25. The van der Waals surface area contributed by atoms with E-state index >= 15 is 0 Å². The number of benzene rings is 1. The molecule has 0 unspecified atom stereocenters. The van der Waals surface area contributed by atoms with Crippen molar-refractivity contribution in [1.29, 1.82) is 0 Å². The van der Waals surface area contributed by atoms with E-state index in [1.807, 2.05) is 6.92 Å². The van der Waals surface area contributed by atoms with Gasteiger partial charge >= 0.3 is 0 Å². The number of carbonyl (C=O) groups is 1. The second-order valence-corrected chi connectivity index (χ2v) is 7.61. The minimum absolute atomic E-state index is 0.117. The van der Waals surface area contributed by atoms with Crippen LogP contribution in [0.1, 0.15) is 37.0 Å². The lowest BCUT2D eigenvalue weighted by Crippen LogP contribution is -2.34. The standard InChI is InChI=1S/C13H16ClNO4S/c1-3-19-11-5-4-9(20(14,17)18)8-10(11)12(16)15-13(2)6-7-13/h4-5,8H,3,6-7H2,1-2H3,(H,15,16). The third kappa shape index (κ3) is 3.43. The Morgan fingerprint density at radius 2 is 2.10 bits per heavy atom. The second-order valence-electron chi connectivity index (χ2n) is 5.04. The largest absolute Gasteiger partial charge is 0.493 e. The highest BCUT2D eigenvalue weighted by Gasteiger charge is 2.39. The summed E-state index contributed by atoms with van der Waals surface area (Å²) in [7, 11) is 1.43. The monoisotopic (exact) mass is 317 g/mol. The summed E-state index contributed by atoms with van der Waals surface area (Å²) in [6.07, 6.45) is 1.83. The van der Waals surface area contributed by atoms with Gasteiger partial charge in [0.2, 0.25) is 0 Å². The normalized spacial score (nSPS) is 16.6. The summed E-state index contributed by atoms with van der Waals surface area (Å²) in [5.74, 6) is -0.00562. The Morgan fingerprint density at radius 1 is 1.45 bits per heavy atom. The molecule has 1 aromatic carbocycles. The minimum Gasteiger partial charge on any atom is -0.493 e. The van der Waals surface area contributed by atoms with E-state index in [1.54, 1.807) is 6.92 Å². The van der Waals surface area contributed by atoms with Crippen LogP contribution in [0.2, 0.25) is 0 Å². The molecule has 1 aromatic rings. The summed E-state index contributed by atoms with van der Waals surface area (Å²) in [5.41, 5.74) is -0.0159. The van der Waals surface area contributed by atoms with E-state index in [-0.39, 0.29) is 21.9 Å². The van der Waals surface area contributed by atoms with Gasteiger partial charge in [-0.15, -0.1) is 0 Å². The van der Waals surface area contributed by atoms with Crippen LogP contribution in [-0.2, 0) is 9.05 Å². The molecule has 20 heavy (non-hydrogen) atoms. The molecule has 0 radical (unpaired) electrons. The van der Waals surface area contributed by atoms with E-state index in [4.69, 9.17) is 15.4 Å². The van der Waals surface area contributed by atoms with Gasteiger partial charge < -0.3 is 10.1 Å². The molecule has 0 aliphatic heterocycles. The van der Waals surface area contributed by atoms with E-state index in [0.29, 0.717) is 12.4 Å². The second kappa shape index (κ2) is 5.26. The summed E-state index contributed by atoms with van der Waals surface area (Å²) in [5, 5.41) is 2.87. The van der Waals surface area contributed by atoms with Crippen molar-refractivity contribution >= 4 is 25.6 Å². The average Bonchev–Trinajstić information content (AvgIpc) is 3.06. The van der Waals surface area contributed by atoms with Crippen LogP contribution in [0.3, 0.4) is 0 Å². The van der Waals surface area contributed by atoms with E-state index in [9.17, 15) is 13.2 Å². The number of hydrogen-bond donors (Lipinski definition) is 1. The van der Waals surface area contributed by atoms with Crippen LogP contribution in [-0.4, -0.2) is 26.5 Å². The van der Waals surface area contributed by atoms with Crippen molar-refractivity contribution in [1.82, 2.24) is 5.32 Å². The van der Waals surface area contributed by atoms with Gasteiger partial charge in [0, 0.05) is 16.2 Å². The van der Waals surface area contributed by atoms with Crippen LogP contribution >= 0.6 is 10.7 Å². The lowest BCUT2D eigenvalue weighted by atomic mass is 10.1. The van der Waals surface area contributed by atoms with Crippen molar-refractivity contribution in [3.63, 3.8) is 0 Å². The van der Waals surface area contributed by atoms with Gasteiger partial charge in [0.05, 0.1) is 17.1 Å². The van der Waals surface area contributed by atoms with Gasteiger partial charge in [-0.25, -0.2) is 8.42 Å². The molecule has 2 rings (SSSR count). The Morgan fingerprint density at radius 3 is 2.60 bits per heavy atom. The third-order valence-corrected chi connectivity index (χ3v) is 4.54. The van der Waals surface area contributed by atoms with Gasteiger partial charge in [0.1, 0.15) is 5.75 Å². The van der Waals surface area contributed by atoms with Crippen LogP contribution in [0.4, 0.5) is 0 Å². The van der Waals surface area contributed by atoms with Gasteiger partial charge in [-0.1, -0.05) is 0 Å². The molecule has 0 saturated heterocycles. The zero-order valence-electron chi connectivity index (χ0n) is 11.3. The fourth-order valence-corrected chi connectivity index (χ4v) is 2.55. The highest BCUT2D eigenvalue weighted by atomic mass is 35.7. The van der Waals surface area contributed by atoms with Crippen LogP contribution in [0.15, 0.2) is 23.1 Å². The molecule has 1 aliphatic rings. The Bertz CT molecular complexity index is 638. The van der Waals surface area contributed by atoms with E-state index in [1.165, 1.54) is 18.2 Å². The lowest BCUT2D eigenvalue weighted by molar-refractivity contribution is 0.0931. The van der Waals surface area contributed by atoms with Crippen molar-refractivity contribution in [2.24, 2.45) is 0 Å². The number of ether oxygens (including phenoxy) is 1. The molecule has 110 valence electrons. The molecule has 7 heteroatoms. The summed E-state index contributed by atoms with van der Waals surface area (Å²) in [6.45, 7) is 4.11. The van der Waals surface area contributed by atoms with Crippen molar-refractivity contribution in [3.05, 3.63) is 23.8 Å². The first kappa shape index (κ1) is 15.1. The zero-order chi connectivity index (χ0) is 15.0. The molecule has 0 aromatic heterocycles. The average molecular weight is 318 g/mol. The number of halogens is 1. The number of hydrogen-bond acceptors (Lipinski definition) is 4. The van der Waals surface area contributed by atoms with Gasteiger partial charge in [0.15, 0.2) is 0 Å². The minimum atomic E-state index is -3.88. The molecule has 1 amide bonds. The molecule has 1 N–H and O–H groups in total. The summed E-state index contributed by atoms with van der Waals surface area (Å²) in [6, 6.07) is 4.01. The van der Waals surface area contributed by atoms with Gasteiger partial charge in [-0.05, 0) is 44.9 Å². The lowest BCUT2D eigenvalue weighted by Gasteiger charge is -2.15. The fourth-order valence-electron chi connectivity index (χ4n) is 1.77. The molecule has 0 atom stereocenters. The predicted molar refractivity (Wildman–Crippen MR) is 75.8 cm³/mol. The zero-order valence-corrected chi connectivity index (χ0v) is 12.8. The summed E-state index contributed by atoms with van der Waals surface area (Å²) in [4.78, 5) is 12.1. The maximum atomic E-state index is 12.2. The summed E-state index contributed by atoms with van der Waals surface area (Å²) >= 11 is 0. The number of carbonyl (C=O) groups excluding carboxylic acids is 1. The molecule has 0 bridgehead atoms. The quantitative estimate of drug-likeness (QED) is 0.846. The van der Waals surface area contributed by atoms with Crippen molar-refractivity contribution < 1.29 is 17.9 Å². The van der Waals surface area contributed by atoms with Gasteiger partial charge in [0.25, 0.3) is 15.0 Å². The van der Waals surface area contributed by atoms with Crippen LogP contribution in [0, 0.1) is 0 Å². The number of rotatable bonds is 5. The topological polar surface area (TPSA) is 72.5 Å². The smallest absolute Gasteiger partial charge is 0.261 e. The fraction of sp³-hybridized carbons (Fsp3) is 0.462. The van der Waals surface area contributed by atoms with Crippen molar-refractivity contribution in [2.45, 2.75) is 37.1 Å². The Balaban J connectivity index is 2.38. The molecule has 1 fully saturated rings. The van der Waals surface area contributed by atoms with Gasteiger partial charge in [-0.2, -0.15) is 0 Å². The maximum absolute atomic E-state index is 12.2. The Kier molecular flexibility index (Phi) is 3.97. The molecule has 1 aliphatic carbocycles. The first-order valence-electron chi connectivity index (χ1n) is 6.29. The van der Waals surface area contributed by atoms with E-state index in [0.717, 1.165) is 12.8 Å². The Hall–Kier alpha value is -1.27. The molecular formula is C13H16ClNO4S. The van der Waals surface area contributed by atoms with Crippen LogP contribution in [0.5, 0.6) is 5.75 Å². The van der Waals surface area contributed by atoms with E-state index in [2.05, 4.69) is 5.32 Å². The molecular weight excluding hydrogens is 302 g/mol. The number of amides is 1. The molecule has 0 heterocycles. The summed E-state index contributed by atoms with van der Waals surface area (Å²) < 4.78 is 28.1. The van der Waals surface area contributed by atoms with E-state index < -0.39 is 9.05 Å². The van der Waals surface area contributed by atoms with Crippen molar-refractivity contribution in [2.75, 3.05) is 6.61 Å². The highest BCUT2D eigenvalue weighted by molar-refractivity contribution is 8.13. The first-order valence-corrected chi connectivity index (χ1v) is 8.60. The molecule has 0 spiro atoms. The third-order valence-electron chi connectivity index (χ3n) is 3.19. The SMILES string of the molecule is CCOc1ccc(S(=O)(=O)Cl)cc1C(=O)NC1(C)CC1. The maximum Gasteiger partial charge on any atom is 0.261 e. The highest BCUT2D eigenvalue weighted by Crippen LogP contribution is 2.35. The van der Waals surface area contributed by atoms with Crippen LogP contribution in [0.25, 0.3) is 0 Å². The number of nitrogens with one attached hydrogen (secondary N) is 1. The van der Waals surface area contributed by atoms with Gasteiger partial charge in [-0.3, -0.25) is 4.79 Å². The molecule has 5 nitrogen and oxygen atoms in total. The van der Waals surface area contributed by atoms with Crippen molar-refractivity contribution in [3.8, 4) is 5.75 Å². The predicted octanol–water partition coefficient (Wildman–Crippen LogP) is 2.30. The molecule has 1 saturated carbocycles. The van der Waals surface area contributed by atoms with Crippen LogP contribution < -0.4 is 10.1 Å². The Labute approximate surface area is 122 Å².